The number of carbonyl (C=O) groups is 1. The number of nitro groups is 1. The number of nitro benzene ring substituents is 1. The molecular formula is C19H19F3N2O5. The highest BCUT2D eigenvalue weighted by Crippen LogP contribution is 2.28. The number of amides is 1. The van der Waals surface area contributed by atoms with E-state index in [0.717, 1.165) is 5.56 Å². The summed E-state index contributed by atoms with van der Waals surface area (Å²) >= 11 is 0. The first kappa shape index (κ1) is 22.0. The lowest BCUT2D eigenvalue weighted by Gasteiger charge is -2.24. The van der Waals surface area contributed by atoms with E-state index in [4.69, 9.17) is 9.47 Å². The third-order valence-corrected chi connectivity index (χ3v) is 3.94. The van der Waals surface area contributed by atoms with Crippen molar-refractivity contribution in [1.29, 1.82) is 0 Å². The average molecular weight is 412 g/mol. The summed E-state index contributed by atoms with van der Waals surface area (Å²) in [5.41, 5.74) is 0.493. The molecule has 10 heteroatoms. The predicted molar refractivity (Wildman–Crippen MR) is 97.8 cm³/mol. The molecular weight excluding hydrogens is 393 g/mol. The Kier molecular flexibility index (Phi) is 7.03. The van der Waals surface area contributed by atoms with Crippen molar-refractivity contribution in [2.45, 2.75) is 19.6 Å². The summed E-state index contributed by atoms with van der Waals surface area (Å²) in [7, 11) is 1.40. The molecule has 0 radical (unpaired) electrons. The Hall–Kier alpha value is -3.30. The van der Waals surface area contributed by atoms with Gasteiger partial charge in [0.15, 0.2) is 18.1 Å². The molecule has 0 N–H and O–H groups in total. The summed E-state index contributed by atoms with van der Waals surface area (Å²) in [5, 5.41) is 11.1. The Morgan fingerprint density at radius 3 is 2.48 bits per heavy atom. The fourth-order valence-electron chi connectivity index (χ4n) is 2.60. The van der Waals surface area contributed by atoms with Gasteiger partial charge in [0.2, 0.25) is 0 Å². The highest BCUT2D eigenvalue weighted by atomic mass is 19.4. The molecule has 29 heavy (non-hydrogen) atoms. The van der Waals surface area contributed by atoms with Gasteiger partial charge in [0.25, 0.3) is 11.6 Å². The van der Waals surface area contributed by atoms with E-state index < -0.39 is 36.7 Å². The van der Waals surface area contributed by atoms with E-state index >= 15 is 0 Å². The third-order valence-electron chi connectivity index (χ3n) is 3.94. The number of hydrogen-bond donors (Lipinski definition) is 0. The van der Waals surface area contributed by atoms with Gasteiger partial charge in [0, 0.05) is 11.6 Å². The van der Waals surface area contributed by atoms with Crippen molar-refractivity contribution < 1.29 is 32.4 Å². The summed E-state index contributed by atoms with van der Waals surface area (Å²) in [6.45, 7) is -1.01. The molecule has 2 rings (SSSR count). The van der Waals surface area contributed by atoms with Gasteiger partial charge in [-0.25, -0.2) is 0 Å². The SMILES string of the molecule is COc1cc(C)ccc1OCC(=O)N(Cc1ccccc1[N+](=O)[O-])CC(F)(F)F. The second kappa shape index (κ2) is 9.26. The second-order valence-corrected chi connectivity index (χ2v) is 6.19. The maximum absolute atomic E-state index is 13.0. The fourth-order valence-corrected chi connectivity index (χ4v) is 2.60. The van der Waals surface area contributed by atoms with Crippen LogP contribution in [0.4, 0.5) is 18.9 Å². The Morgan fingerprint density at radius 1 is 1.17 bits per heavy atom. The van der Waals surface area contributed by atoms with Crippen LogP contribution in [0.3, 0.4) is 0 Å². The third kappa shape index (κ3) is 6.37. The van der Waals surface area contributed by atoms with Crippen LogP contribution in [-0.2, 0) is 11.3 Å². The molecule has 0 heterocycles. The largest absolute Gasteiger partial charge is 0.493 e. The first-order valence-corrected chi connectivity index (χ1v) is 8.45. The van der Waals surface area contributed by atoms with E-state index in [2.05, 4.69) is 0 Å². The van der Waals surface area contributed by atoms with Crippen molar-refractivity contribution in [2.24, 2.45) is 0 Å². The number of benzene rings is 2. The summed E-state index contributed by atoms with van der Waals surface area (Å²) in [5.74, 6) is -0.439. The van der Waals surface area contributed by atoms with E-state index in [1.807, 2.05) is 6.92 Å². The van der Waals surface area contributed by atoms with Crippen LogP contribution in [0.5, 0.6) is 11.5 Å². The van der Waals surface area contributed by atoms with Crippen molar-refractivity contribution >= 4 is 11.6 Å². The van der Waals surface area contributed by atoms with Gasteiger partial charge >= 0.3 is 6.18 Å². The van der Waals surface area contributed by atoms with Crippen LogP contribution in [0, 0.1) is 17.0 Å². The molecule has 0 bridgehead atoms. The Morgan fingerprint density at radius 2 is 1.86 bits per heavy atom. The average Bonchev–Trinajstić information content (AvgIpc) is 2.65. The molecule has 7 nitrogen and oxygen atoms in total. The monoisotopic (exact) mass is 412 g/mol. The summed E-state index contributed by atoms with van der Waals surface area (Å²) in [4.78, 5) is 23.3. The van der Waals surface area contributed by atoms with E-state index in [1.54, 1.807) is 12.1 Å². The van der Waals surface area contributed by atoms with Crippen LogP contribution in [-0.4, -0.2) is 42.2 Å². The van der Waals surface area contributed by atoms with Gasteiger partial charge in [0.05, 0.1) is 18.6 Å². The normalized spacial score (nSPS) is 11.1. The first-order chi connectivity index (χ1) is 13.6. The van der Waals surface area contributed by atoms with E-state index in [-0.39, 0.29) is 17.0 Å². The molecule has 0 aliphatic rings. The zero-order chi connectivity index (χ0) is 21.6. The van der Waals surface area contributed by atoms with Crippen molar-refractivity contribution in [1.82, 2.24) is 4.90 Å². The van der Waals surface area contributed by atoms with Crippen molar-refractivity contribution in [2.75, 3.05) is 20.3 Å². The Labute approximate surface area is 164 Å². The maximum Gasteiger partial charge on any atom is 0.406 e. The van der Waals surface area contributed by atoms with E-state index in [9.17, 15) is 28.1 Å². The molecule has 0 atom stereocenters. The number of para-hydroxylation sites is 1. The van der Waals surface area contributed by atoms with Crippen LogP contribution in [0.2, 0.25) is 0 Å². The lowest BCUT2D eigenvalue weighted by Crippen LogP contribution is -2.41. The van der Waals surface area contributed by atoms with Gasteiger partial charge < -0.3 is 14.4 Å². The Bertz CT molecular complexity index is 886. The van der Waals surface area contributed by atoms with Gasteiger partial charge in [-0.05, 0) is 24.6 Å². The number of aryl methyl sites for hydroxylation is 1. The molecule has 0 aliphatic heterocycles. The molecule has 0 spiro atoms. The van der Waals surface area contributed by atoms with Crippen LogP contribution in [0.15, 0.2) is 42.5 Å². The number of ether oxygens (including phenoxy) is 2. The molecule has 0 saturated heterocycles. The fraction of sp³-hybridized carbons (Fsp3) is 0.316. The number of methoxy groups -OCH3 is 1. The van der Waals surface area contributed by atoms with Crippen LogP contribution >= 0.6 is 0 Å². The topological polar surface area (TPSA) is 81.9 Å². The summed E-state index contributed by atoms with van der Waals surface area (Å²) in [6, 6.07) is 10.2. The van der Waals surface area contributed by atoms with Crippen LogP contribution in [0.1, 0.15) is 11.1 Å². The molecule has 2 aromatic carbocycles. The van der Waals surface area contributed by atoms with Crippen LogP contribution in [0.25, 0.3) is 0 Å². The number of halogens is 3. The minimum atomic E-state index is -4.68. The molecule has 156 valence electrons. The second-order valence-electron chi connectivity index (χ2n) is 6.19. The lowest BCUT2D eigenvalue weighted by molar-refractivity contribution is -0.385. The van der Waals surface area contributed by atoms with Gasteiger partial charge in [-0.15, -0.1) is 0 Å². The molecule has 0 saturated carbocycles. The van der Waals surface area contributed by atoms with E-state index in [1.165, 1.54) is 37.4 Å². The van der Waals surface area contributed by atoms with Crippen LogP contribution < -0.4 is 9.47 Å². The molecule has 2 aromatic rings. The molecule has 0 aliphatic carbocycles. The lowest BCUT2D eigenvalue weighted by atomic mass is 10.1. The zero-order valence-corrected chi connectivity index (χ0v) is 15.7. The van der Waals surface area contributed by atoms with Gasteiger partial charge in [-0.1, -0.05) is 24.3 Å². The summed E-state index contributed by atoms with van der Waals surface area (Å²) < 4.78 is 49.4. The van der Waals surface area contributed by atoms with Gasteiger partial charge in [-0.2, -0.15) is 13.2 Å². The minimum Gasteiger partial charge on any atom is -0.493 e. The van der Waals surface area contributed by atoms with E-state index in [0.29, 0.717) is 10.6 Å². The maximum atomic E-state index is 13.0. The molecule has 1 amide bonds. The Balaban J connectivity index is 2.20. The predicted octanol–water partition coefficient (Wildman–Crippen LogP) is 3.88. The number of hydrogen-bond acceptors (Lipinski definition) is 5. The number of alkyl halides is 3. The van der Waals surface area contributed by atoms with Crippen molar-refractivity contribution in [3.63, 3.8) is 0 Å². The standard InChI is InChI=1S/C19H19F3N2O5/c1-13-7-8-16(17(9-13)28-2)29-11-18(25)23(12-19(20,21)22)10-14-5-3-4-6-15(14)24(26)27/h3-9H,10-12H2,1-2H3. The van der Waals surface area contributed by atoms with Gasteiger partial charge in [-0.3, -0.25) is 14.9 Å². The smallest absolute Gasteiger partial charge is 0.406 e. The molecule has 0 aromatic heterocycles. The number of nitrogens with zero attached hydrogens (tertiary/aromatic N) is 2. The van der Waals surface area contributed by atoms with Gasteiger partial charge in [0.1, 0.15) is 6.54 Å². The quantitative estimate of drug-likeness (QED) is 0.486. The highest BCUT2D eigenvalue weighted by Gasteiger charge is 2.34. The molecule has 0 unspecified atom stereocenters. The zero-order valence-electron chi connectivity index (χ0n) is 15.7. The first-order valence-electron chi connectivity index (χ1n) is 8.45. The molecule has 0 fully saturated rings. The summed E-state index contributed by atoms with van der Waals surface area (Å²) in [6.07, 6.45) is -4.68. The van der Waals surface area contributed by atoms with Crippen molar-refractivity contribution in [3.05, 3.63) is 63.7 Å². The number of rotatable bonds is 8. The minimum absolute atomic E-state index is 0.0111. The highest BCUT2D eigenvalue weighted by molar-refractivity contribution is 5.78. The van der Waals surface area contributed by atoms with Crippen molar-refractivity contribution in [3.8, 4) is 11.5 Å². The number of carbonyl (C=O) groups excluding carboxylic acids is 1.